The first kappa shape index (κ1) is 24.8. The van der Waals surface area contributed by atoms with E-state index in [0.717, 1.165) is 22.6 Å². The van der Waals surface area contributed by atoms with Crippen LogP contribution in [-0.4, -0.2) is 26.9 Å². The van der Waals surface area contributed by atoms with Gasteiger partial charge >= 0.3 is 0 Å². The van der Waals surface area contributed by atoms with Gasteiger partial charge in [0.25, 0.3) is 5.91 Å². The third kappa shape index (κ3) is 4.61. The second-order valence-electron chi connectivity index (χ2n) is 10.4. The van der Waals surface area contributed by atoms with Gasteiger partial charge in [0.1, 0.15) is 0 Å². The average molecular weight is 500 g/mol. The summed E-state index contributed by atoms with van der Waals surface area (Å²) in [6.07, 6.45) is 6.84. The largest absolute Gasteiger partial charge is 0.356 e. The highest BCUT2D eigenvalue weighted by Crippen LogP contribution is 2.42. The standard InChI is InChI=1S/C31H37N3OS/c1-20-12-9-10-17-27(20)34-30(35)28(36-31(34)32-26-15-7-6-8-16-26)19-25-18-23(4)33(24(25)5)29-21(2)13-11-14-22(29)3/h6-8,11,13-16,18-20,27,31-32H,9-10,12,17H2,1-5H3/b28-19-/t20-,27-,31?/m0/s1. The Morgan fingerprint density at radius 1 is 0.944 bits per heavy atom. The van der Waals surface area contributed by atoms with Crippen LogP contribution < -0.4 is 5.32 Å². The van der Waals surface area contributed by atoms with E-state index in [1.54, 1.807) is 11.8 Å². The minimum Gasteiger partial charge on any atom is -0.356 e. The lowest BCUT2D eigenvalue weighted by Crippen LogP contribution is -2.48. The van der Waals surface area contributed by atoms with E-state index in [0.29, 0.717) is 5.92 Å². The molecule has 36 heavy (non-hydrogen) atoms. The number of hydrogen-bond donors (Lipinski definition) is 1. The first-order valence-electron chi connectivity index (χ1n) is 13.1. The van der Waals surface area contributed by atoms with Crippen molar-refractivity contribution in [2.45, 2.75) is 71.8 Å². The third-order valence-corrected chi connectivity index (χ3v) is 8.96. The molecule has 2 aliphatic rings. The average Bonchev–Trinajstić information content (AvgIpc) is 3.30. The van der Waals surface area contributed by atoms with E-state index in [4.69, 9.17) is 0 Å². The van der Waals surface area contributed by atoms with Gasteiger partial charge in [0.05, 0.1) is 10.6 Å². The second-order valence-corrected chi connectivity index (χ2v) is 11.6. The van der Waals surface area contributed by atoms with Gasteiger partial charge in [0, 0.05) is 23.1 Å². The molecule has 2 aromatic carbocycles. The van der Waals surface area contributed by atoms with Crippen LogP contribution in [0.3, 0.4) is 0 Å². The number of nitrogens with one attached hydrogen (secondary N) is 1. The monoisotopic (exact) mass is 499 g/mol. The summed E-state index contributed by atoms with van der Waals surface area (Å²) in [5, 5.41) is 3.65. The molecule has 4 nitrogen and oxygen atoms in total. The fourth-order valence-electron chi connectivity index (χ4n) is 5.94. The highest BCUT2D eigenvalue weighted by Gasteiger charge is 2.43. The molecule has 1 saturated carbocycles. The quantitative estimate of drug-likeness (QED) is 0.367. The normalized spacial score (nSPS) is 23.5. The molecule has 0 radical (unpaired) electrons. The molecule has 5 rings (SSSR count). The van der Waals surface area contributed by atoms with Gasteiger partial charge in [-0.2, -0.15) is 0 Å². The fourth-order valence-corrected chi connectivity index (χ4v) is 7.15. The summed E-state index contributed by atoms with van der Waals surface area (Å²) in [6, 6.07) is 19.2. The molecule has 1 N–H and O–H groups in total. The number of aromatic nitrogens is 1. The van der Waals surface area contributed by atoms with E-state index in [1.165, 1.54) is 47.5 Å². The topological polar surface area (TPSA) is 37.3 Å². The van der Waals surface area contributed by atoms with Crippen LogP contribution in [0.15, 0.2) is 59.5 Å². The molecule has 3 aromatic rings. The van der Waals surface area contributed by atoms with Crippen LogP contribution in [0.4, 0.5) is 5.69 Å². The summed E-state index contributed by atoms with van der Waals surface area (Å²) >= 11 is 1.66. The molecule has 0 bridgehead atoms. The maximum atomic E-state index is 13.9. The Hall–Kier alpha value is -2.92. The van der Waals surface area contributed by atoms with E-state index < -0.39 is 0 Å². The van der Waals surface area contributed by atoms with Crippen LogP contribution in [-0.2, 0) is 4.79 Å². The number of rotatable bonds is 5. The zero-order valence-electron chi connectivity index (χ0n) is 22.0. The lowest BCUT2D eigenvalue weighted by Gasteiger charge is -2.39. The van der Waals surface area contributed by atoms with Crippen molar-refractivity contribution in [3.05, 3.63) is 87.6 Å². The number of anilines is 1. The van der Waals surface area contributed by atoms with Crippen molar-refractivity contribution >= 4 is 29.4 Å². The Morgan fingerprint density at radius 3 is 2.33 bits per heavy atom. The fraction of sp³-hybridized carbons (Fsp3) is 0.387. The lowest BCUT2D eigenvalue weighted by atomic mass is 9.85. The highest BCUT2D eigenvalue weighted by atomic mass is 32.2. The molecule has 1 aliphatic heterocycles. The number of thioether (sulfide) groups is 1. The Balaban J connectivity index is 1.52. The summed E-state index contributed by atoms with van der Waals surface area (Å²) in [7, 11) is 0. The van der Waals surface area contributed by atoms with E-state index >= 15 is 0 Å². The zero-order valence-corrected chi connectivity index (χ0v) is 22.9. The molecule has 1 amide bonds. The smallest absolute Gasteiger partial charge is 0.262 e. The Bertz CT molecular complexity index is 1270. The molecule has 1 aliphatic carbocycles. The van der Waals surface area contributed by atoms with Crippen LogP contribution in [0.1, 0.15) is 60.7 Å². The van der Waals surface area contributed by atoms with Gasteiger partial charge in [0.2, 0.25) is 0 Å². The van der Waals surface area contributed by atoms with Gasteiger partial charge in [-0.05, 0) is 87.4 Å². The predicted molar refractivity (Wildman–Crippen MR) is 152 cm³/mol. The molecule has 5 heteroatoms. The van der Waals surface area contributed by atoms with E-state index in [9.17, 15) is 4.79 Å². The highest BCUT2D eigenvalue weighted by molar-refractivity contribution is 8.05. The third-order valence-electron chi connectivity index (χ3n) is 7.84. The number of carbonyl (C=O) groups excluding carboxylic acids is 1. The summed E-state index contributed by atoms with van der Waals surface area (Å²) in [4.78, 5) is 16.9. The first-order valence-corrected chi connectivity index (χ1v) is 14.0. The van der Waals surface area contributed by atoms with Crippen LogP contribution in [0.5, 0.6) is 0 Å². The van der Waals surface area contributed by atoms with Crippen LogP contribution in [0.25, 0.3) is 11.8 Å². The van der Waals surface area contributed by atoms with E-state index in [2.05, 4.69) is 91.9 Å². The van der Waals surface area contributed by atoms with Crippen molar-refractivity contribution in [1.82, 2.24) is 9.47 Å². The zero-order chi connectivity index (χ0) is 25.4. The van der Waals surface area contributed by atoms with Crippen LogP contribution in [0, 0.1) is 33.6 Å². The summed E-state index contributed by atoms with van der Waals surface area (Å²) < 4.78 is 2.34. The number of aryl methyl sites for hydroxylation is 3. The SMILES string of the molecule is Cc1cccc(C)c1-n1c(C)cc(/C=C2\SC(Nc3ccccc3)N([C@H]3CCCC[C@@H]3C)C2=O)c1C. The number of amides is 1. The number of benzene rings is 2. The molecular weight excluding hydrogens is 462 g/mol. The molecule has 0 spiro atoms. The minimum atomic E-state index is -0.0983. The van der Waals surface area contributed by atoms with Gasteiger partial charge in [-0.1, -0.05) is 67.9 Å². The van der Waals surface area contributed by atoms with Gasteiger partial charge in [-0.3, -0.25) is 4.79 Å². The van der Waals surface area contributed by atoms with Crippen molar-refractivity contribution < 1.29 is 4.79 Å². The van der Waals surface area contributed by atoms with E-state index in [1.807, 2.05) is 18.2 Å². The molecule has 2 fully saturated rings. The summed E-state index contributed by atoms with van der Waals surface area (Å²) in [5.41, 5.74) is 8.17. The Labute approximate surface area is 219 Å². The van der Waals surface area contributed by atoms with Crippen LogP contribution >= 0.6 is 11.8 Å². The van der Waals surface area contributed by atoms with Crippen molar-refractivity contribution in [2.24, 2.45) is 5.92 Å². The Kier molecular flexibility index (Phi) is 7.03. The molecular formula is C31H37N3OS. The molecule has 188 valence electrons. The molecule has 1 unspecified atom stereocenters. The molecule has 3 atom stereocenters. The number of hydrogen-bond acceptors (Lipinski definition) is 3. The summed E-state index contributed by atoms with van der Waals surface area (Å²) in [5.74, 6) is 0.667. The van der Waals surface area contributed by atoms with Gasteiger partial charge in [0.15, 0.2) is 5.50 Å². The maximum Gasteiger partial charge on any atom is 0.262 e. The van der Waals surface area contributed by atoms with Gasteiger partial charge < -0.3 is 14.8 Å². The van der Waals surface area contributed by atoms with Crippen molar-refractivity contribution in [1.29, 1.82) is 0 Å². The number of nitrogens with zero attached hydrogens (tertiary/aromatic N) is 2. The number of carbonyl (C=O) groups is 1. The predicted octanol–water partition coefficient (Wildman–Crippen LogP) is 7.60. The summed E-state index contributed by atoms with van der Waals surface area (Å²) in [6.45, 7) is 11.0. The van der Waals surface area contributed by atoms with Crippen molar-refractivity contribution in [2.75, 3.05) is 5.32 Å². The van der Waals surface area contributed by atoms with Crippen molar-refractivity contribution in [3.8, 4) is 5.69 Å². The van der Waals surface area contributed by atoms with Gasteiger partial charge in [-0.25, -0.2) is 0 Å². The van der Waals surface area contributed by atoms with E-state index in [-0.39, 0.29) is 17.4 Å². The van der Waals surface area contributed by atoms with Crippen molar-refractivity contribution in [3.63, 3.8) is 0 Å². The molecule has 2 heterocycles. The minimum absolute atomic E-state index is 0.0983. The molecule has 1 saturated heterocycles. The second kappa shape index (κ2) is 10.2. The molecule has 1 aromatic heterocycles. The number of para-hydroxylation sites is 2. The lowest BCUT2D eigenvalue weighted by molar-refractivity contribution is -0.129. The van der Waals surface area contributed by atoms with Gasteiger partial charge in [-0.15, -0.1) is 0 Å². The first-order chi connectivity index (χ1) is 17.3. The van der Waals surface area contributed by atoms with Crippen LogP contribution in [0.2, 0.25) is 0 Å². The Morgan fingerprint density at radius 2 is 1.64 bits per heavy atom. The maximum absolute atomic E-state index is 13.9.